The Hall–Kier alpha value is -1.62. The first-order valence-electron chi connectivity index (χ1n) is 9.36. The van der Waals surface area contributed by atoms with Crippen molar-refractivity contribution in [1.29, 1.82) is 0 Å². The Morgan fingerprint density at radius 2 is 1.81 bits per heavy atom. The van der Waals surface area contributed by atoms with Crippen molar-refractivity contribution in [1.82, 2.24) is 4.90 Å². The highest BCUT2D eigenvalue weighted by Gasteiger charge is 2.38. The van der Waals surface area contributed by atoms with Gasteiger partial charge in [0.2, 0.25) is 10.9 Å². The van der Waals surface area contributed by atoms with Crippen LogP contribution >= 0.6 is 11.8 Å². The molecule has 0 bridgehead atoms. The third-order valence-electron chi connectivity index (χ3n) is 4.61. The van der Waals surface area contributed by atoms with Crippen LogP contribution in [0.4, 0.5) is 0 Å². The van der Waals surface area contributed by atoms with E-state index in [-0.39, 0.29) is 5.12 Å². The summed E-state index contributed by atoms with van der Waals surface area (Å²) in [6.07, 6.45) is 4.30. The minimum Gasteiger partial charge on any atom is -0.325 e. The predicted molar refractivity (Wildman–Crippen MR) is 106 cm³/mol. The van der Waals surface area contributed by atoms with Crippen LogP contribution in [0.5, 0.6) is 0 Å². The average molecular weight is 376 g/mol. The van der Waals surface area contributed by atoms with Gasteiger partial charge in [-0.1, -0.05) is 62.9 Å². The Balaban J connectivity index is 1.88. The lowest BCUT2D eigenvalue weighted by Crippen LogP contribution is -2.51. The lowest BCUT2D eigenvalue weighted by molar-refractivity contribution is -0.152. The Labute approximate surface area is 160 Å². The van der Waals surface area contributed by atoms with Gasteiger partial charge >= 0.3 is 0 Å². The van der Waals surface area contributed by atoms with Crippen molar-refractivity contribution in [3.8, 4) is 0 Å². The van der Waals surface area contributed by atoms with Gasteiger partial charge in [-0.25, -0.2) is 0 Å². The minimum atomic E-state index is -0.717. The summed E-state index contributed by atoms with van der Waals surface area (Å²) in [7, 11) is 0. The molecule has 1 aromatic rings. The van der Waals surface area contributed by atoms with Crippen molar-refractivity contribution in [3.63, 3.8) is 0 Å². The summed E-state index contributed by atoms with van der Waals surface area (Å²) >= 11 is 1.30. The van der Waals surface area contributed by atoms with E-state index >= 15 is 0 Å². The second-order valence-corrected chi connectivity index (χ2v) is 8.95. The van der Waals surface area contributed by atoms with Crippen molar-refractivity contribution < 1.29 is 14.4 Å². The van der Waals surface area contributed by atoms with E-state index in [2.05, 4.69) is 12.1 Å². The zero-order chi connectivity index (χ0) is 19.2. The van der Waals surface area contributed by atoms with E-state index in [1.807, 2.05) is 18.2 Å². The largest absolute Gasteiger partial charge is 0.325 e. The number of ketones is 1. The van der Waals surface area contributed by atoms with Gasteiger partial charge < -0.3 is 4.90 Å². The number of hydrogen-bond donors (Lipinski definition) is 0. The first-order valence-corrected chi connectivity index (χ1v) is 10.3. The molecule has 1 atom stereocenters. The molecule has 1 saturated heterocycles. The summed E-state index contributed by atoms with van der Waals surface area (Å²) in [6, 6.07) is 9.76. The molecule has 1 aromatic carbocycles. The first kappa shape index (κ1) is 20.7. The summed E-state index contributed by atoms with van der Waals surface area (Å²) in [5.74, 6) is -0.175. The molecule has 1 heterocycles. The van der Waals surface area contributed by atoms with Crippen LogP contribution in [0.15, 0.2) is 30.3 Å². The predicted octanol–water partition coefficient (Wildman–Crippen LogP) is 3.88. The molecular formula is C21H29NO3S. The Bertz CT molecular complexity index is 636. The topological polar surface area (TPSA) is 54.5 Å². The number of rotatable bonds is 6. The number of amides is 1. The van der Waals surface area contributed by atoms with E-state index in [1.165, 1.54) is 22.2 Å². The molecule has 1 amide bonds. The number of likely N-dealkylation sites (tertiary alicyclic amines) is 1. The molecule has 5 heteroatoms. The van der Waals surface area contributed by atoms with Gasteiger partial charge in [0.05, 0.1) is 0 Å². The van der Waals surface area contributed by atoms with Crippen molar-refractivity contribution in [2.24, 2.45) is 5.41 Å². The number of hydrogen-bond acceptors (Lipinski definition) is 4. The zero-order valence-corrected chi connectivity index (χ0v) is 16.8. The zero-order valence-electron chi connectivity index (χ0n) is 16.0. The lowest BCUT2D eigenvalue weighted by atomic mass is 9.89. The summed E-state index contributed by atoms with van der Waals surface area (Å²) in [6.45, 7) is 5.73. The number of piperidine rings is 1. The van der Waals surface area contributed by atoms with Crippen molar-refractivity contribution >= 4 is 28.6 Å². The van der Waals surface area contributed by atoms with Gasteiger partial charge in [-0.2, -0.15) is 0 Å². The van der Waals surface area contributed by atoms with Crippen LogP contribution in [-0.2, 0) is 20.8 Å². The molecule has 1 unspecified atom stereocenters. The van der Waals surface area contributed by atoms with E-state index < -0.39 is 23.1 Å². The molecule has 0 radical (unpaired) electrons. The minimum absolute atomic E-state index is 0.0211. The van der Waals surface area contributed by atoms with Crippen LogP contribution in [0.3, 0.4) is 0 Å². The number of benzene rings is 1. The molecule has 1 aliphatic rings. The van der Waals surface area contributed by atoms with Crippen LogP contribution in [-0.4, -0.2) is 40.0 Å². The van der Waals surface area contributed by atoms with Gasteiger partial charge in [-0.05, 0) is 37.7 Å². The Kier molecular flexibility index (Phi) is 7.44. The first-order chi connectivity index (χ1) is 12.3. The van der Waals surface area contributed by atoms with Crippen molar-refractivity contribution in [2.75, 3.05) is 12.3 Å². The summed E-state index contributed by atoms with van der Waals surface area (Å²) in [5.41, 5.74) is 0.552. The SMILES string of the molecule is CC(C)(C)C(=O)C(=O)N1CCCCC1C(=O)SCCCc1ccccc1. The van der Waals surface area contributed by atoms with Gasteiger partial charge in [0.25, 0.3) is 5.91 Å². The van der Waals surface area contributed by atoms with Crippen LogP contribution < -0.4 is 0 Å². The fourth-order valence-electron chi connectivity index (χ4n) is 3.06. The molecule has 1 aliphatic heterocycles. The van der Waals surface area contributed by atoms with Crippen molar-refractivity contribution in [2.45, 2.75) is 58.9 Å². The lowest BCUT2D eigenvalue weighted by Gasteiger charge is -2.35. The normalized spacial score (nSPS) is 17.8. The number of carbonyl (C=O) groups excluding carboxylic acids is 3. The van der Waals surface area contributed by atoms with Crippen LogP contribution in [0.1, 0.15) is 52.0 Å². The molecule has 142 valence electrons. The van der Waals surface area contributed by atoms with Crippen LogP contribution in [0, 0.1) is 5.41 Å². The maximum absolute atomic E-state index is 12.7. The second-order valence-electron chi connectivity index (χ2n) is 7.85. The third kappa shape index (κ3) is 5.70. The van der Waals surface area contributed by atoms with Crippen LogP contribution in [0.2, 0.25) is 0 Å². The van der Waals surface area contributed by atoms with Crippen LogP contribution in [0.25, 0.3) is 0 Å². The smallest absolute Gasteiger partial charge is 0.291 e. The van der Waals surface area contributed by atoms with E-state index in [0.717, 1.165) is 31.4 Å². The van der Waals surface area contributed by atoms with Gasteiger partial charge in [-0.3, -0.25) is 14.4 Å². The molecule has 2 rings (SSSR count). The van der Waals surface area contributed by atoms with Gasteiger partial charge in [0, 0.05) is 17.7 Å². The van der Waals surface area contributed by atoms with E-state index in [4.69, 9.17) is 0 Å². The fraction of sp³-hybridized carbons (Fsp3) is 0.571. The maximum atomic E-state index is 12.7. The highest BCUT2D eigenvalue weighted by molar-refractivity contribution is 8.13. The number of thioether (sulfide) groups is 1. The van der Waals surface area contributed by atoms with Gasteiger partial charge in [0.15, 0.2) is 0 Å². The molecule has 4 nitrogen and oxygen atoms in total. The molecule has 0 spiro atoms. The highest BCUT2D eigenvalue weighted by atomic mass is 32.2. The standard InChI is InChI=1S/C21H29NO3S/c1-21(2,3)18(23)19(24)22-14-8-7-13-17(22)20(25)26-15-9-12-16-10-5-4-6-11-16/h4-6,10-11,17H,7-9,12-15H2,1-3H3. The maximum Gasteiger partial charge on any atom is 0.291 e. The summed E-state index contributed by atoms with van der Waals surface area (Å²) in [4.78, 5) is 39.1. The number of nitrogens with zero attached hydrogens (tertiary/aromatic N) is 1. The van der Waals surface area contributed by atoms with E-state index in [1.54, 1.807) is 20.8 Å². The molecular weight excluding hydrogens is 346 g/mol. The highest BCUT2D eigenvalue weighted by Crippen LogP contribution is 2.25. The van der Waals surface area contributed by atoms with E-state index in [0.29, 0.717) is 13.0 Å². The summed E-state index contributed by atoms with van der Waals surface area (Å²) in [5, 5.41) is 0.0211. The molecule has 0 aliphatic carbocycles. The number of aryl methyl sites for hydroxylation is 1. The molecule has 0 N–H and O–H groups in total. The third-order valence-corrected chi connectivity index (χ3v) is 5.66. The monoisotopic (exact) mass is 375 g/mol. The van der Waals surface area contributed by atoms with E-state index in [9.17, 15) is 14.4 Å². The number of Topliss-reactive ketones (excluding diaryl/α,β-unsaturated/α-hetero) is 1. The summed E-state index contributed by atoms with van der Waals surface area (Å²) < 4.78 is 0. The van der Waals surface area contributed by atoms with Crippen molar-refractivity contribution in [3.05, 3.63) is 35.9 Å². The Morgan fingerprint density at radius 3 is 2.46 bits per heavy atom. The van der Waals surface area contributed by atoms with Gasteiger partial charge in [-0.15, -0.1) is 0 Å². The Morgan fingerprint density at radius 1 is 1.12 bits per heavy atom. The quantitative estimate of drug-likeness (QED) is 0.559. The average Bonchev–Trinajstić information content (AvgIpc) is 2.64. The second kappa shape index (κ2) is 9.36. The fourth-order valence-corrected chi connectivity index (χ4v) is 3.99. The molecule has 1 fully saturated rings. The number of carbonyl (C=O) groups is 3. The molecule has 0 aromatic heterocycles. The van der Waals surface area contributed by atoms with Gasteiger partial charge in [0.1, 0.15) is 6.04 Å². The molecule has 0 saturated carbocycles. The molecule has 26 heavy (non-hydrogen) atoms.